The fourth-order valence-electron chi connectivity index (χ4n) is 8.96. The number of furan rings is 1. The van der Waals surface area contributed by atoms with E-state index in [1.807, 2.05) is 121 Å². The zero-order chi connectivity index (χ0) is 46.7. The van der Waals surface area contributed by atoms with Crippen LogP contribution in [-0.2, 0) is 0 Å². The summed E-state index contributed by atoms with van der Waals surface area (Å²) < 4.78 is 64.5. The molecule has 5 nitrogen and oxygen atoms in total. The molecule has 13 rings (SSSR count). The summed E-state index contributed by atoms with van der Waals surface area (Å²) in [6, 6.07) is 54.7. The van der Waals surface area contributed by atoms with Gasteiger partial charge in [-0.2, -0.15) is 0 Å². The third kappa shape index (κ3) is 5.73. The molecule has 0 radical (unpaired) electrons. The summed E-state index contributed by atoms with van der Waals surface area (Å²) in [7, 11) is 0. The molecule has 0 N–H and O–H groups in total. The average molecular weight is 829 g/mol. The lowest BCUT2D eigenvalue weighted by Gasteiger charge is -2.17. The first-order valence-corrected chi connectivity index (χ1v) is 21.4. The monoisotopic (exact) mass is 828 g/mol. The van der Waals surface area contributed by atoms with Crippen LogP contribution in [-0.4, -0.2) is 19.5 Å². The molecule has 294 valence electrons. The topological polar surface area (TPSA) is 56.7 Å². The Balaban J connectivity index is 1.07. The Hall–Kier alpha value is -8.19. The number of hydrogen-bond acceptors (Lipinski definition) is 5. The van der Waals surface area contributed by atoms with Crippen molar-refractivity contribution in [2.45, 2.75) is 0 Å². The Morgan fingerprint density at radius 3 is 1.79 bits per heavy atom. The summed E-state index contributed by atoms with van der Waals surface area (Å²) in [6.07, 6.45) is 0. The molecule has 0 atom stereocenters. The van der Waals surface area contributed by atoms with Crippen LogP contribution >= 0.6 is 11.3 Å². The molecule has 0 aliphatic rings. The van der Waals surface area contributed by atoms with Crippen LogP contribution in [0.15, 0.2) is 211 Å². The first kappa shape index (κ1) is 29.9. The van der Waals surface area contributed by atoms with Gasteiger partial charge >= 0.3 is 0 Å². The minimum atomic E-state index is -0.160. The molecule has 6 heteroatoms. The third-order valence-electron chi connectivity index (χ3n) is 11.8. The van der Waals surface area contributed by atoms with E-state index in [9.17, 15) is 2.74 Å². The standard InChI is InChI=1S/C57H34N4OS/c1-3-15-35(16-4-1)55-58-56(36-17-5-2-6-18-36)60-57(59-55)44-24-14-27-51-53(44)46-34-38(30-32-50(46)62-51)37-29-31-49(61-47-25-10-7-19-39(47)40-20-8-11-26-48(40)61)45(33-37)43-23-13-22-42-41-21-9-12-28-52(41)63-54(42)43/h1-34H/i7D,8D,19D,20D,25D,26D. The number of aromatic nitrogens is 4. The number of para-hydroxylation sites is 2. The van der Waals surface area contributed by atoms with Crippen molar-refractivity contribution in [2.24, 2.45) is 0 Å². The number of thiophene rings is 1. The van der Waals surface area contributed by atoms with E-state index < -0.39 is 0 Å². The van der Waals surface area contributed by atoms with Gasteiger partial charge in [0, 0.05) is 69.5 Å². The van der Waals surface area contributed by atoms with Crippen molar-refractivity contribution < 1.29 is 12.6 Å². The lowest BCUT2D eigenvalue weighted by Crippen LogP contribution is -2.00. The van der Waals surface area contributed by atoms with Crippen molar-refractivity contribution in [1.82, 2.24) is 19.5 Å². The lowest BCUT2D eigenvalue weighted by molar-refractivity contribution is 0.669. The van der Waals surface area contributed by atoms with Crippen molar-refractivity contribution in [3.05, 3.63) is 206 Å². The predicted octanol–water partition coefficient (Wildman–Crippen LogP) is 15.6. The van der Waals surface area contributed by atoms with Crippen LogP contribution < -0.4 is 0 Å². The van der Waals surface area contributed by atoms with Gasteiger partial charge < -0.3 is 8.98 Å². The molecule has 9 aromatic carbocycles. The molecule has 0 aliphatic carbocycles. The highest BCUT2D eigenvalue weighted by Gasteiger charge is 2.21. The van der Waals surface area contributed by atoms with Gasteiger partial charge in [0.1, 0.15) is 11.2 Å². The highest BCUT2D eigenvalue weighted by atomic mass is 32.1. The number of fused-ring (bicyclic) bond motifs is 9. The van der Waals surface area contributed by atoms with Gasteiger partial charge in [-0.05, 0) is 59.6 Å². The quantitative estimate of drug-likeness (QED) is 0.168. The van der Waals surface area contributed by atoms with Crippen LogP contribution in [0.5, 0.6) is 0 Å². The minimum Gasteiger partial charge on any atom is -0.456 e. The molecule has 0 aliphatic heterocycles. The van der Waals surface area contributed by atoms with Gasteiger partial charge in [0.15, 0.2) is 17.5 Å². The minimum absolute atomic E-state index is 0.0133. The van der Waals surface area contributed by atoms with Gasteiger partial charge in [-0.25, -0.2) is 15.0 Å². The van der Waals surface area contributed by atoms with Gasteiger partial charge in [-0.1, -0.05) is 158 Å². The smallest absolute Gasteiger partial charge is 0.164 e. The van der Waals surface area contributed by atoms with Crippen LogP contribution in [0.1, 0.15) is 8.22 Å². The van der Waals surface area contributed by atoms with Crippen LogP contribution in [0.25, 0.3) is 126 Å². The fourth-order valence-corrected chi connectivity index (χ4v) is 10.2. The third-order valence-corrected chi connectivity index (χ3v) is 13.0. The lowest BCUT2D eigenvalue weighted by atomic mass is 9.95. The van der Waals surface area contributed by atoms with E-state index in [2.05, 4.69) is 36.4 Å². The summed E-state index contributed by atoms with van der Waals surface area (Å²) >= 11 is 1.69. The molecule has 13 aromatic rings. The second-order valence-corrected chi connectivity index (χ2v) is 16.5. The van der Waals surface area contributed by atoms with E-state index in [0.29, 0.717) is 45.4 Å². The van der Waals surface area contributed by atoms with Gasteiger partial charge in [-0.3, -0.25) is 0 Å². The van der Waals surface area contributed by atoms with Gasteiger partial charge in [0.2, 0.25) is 0 Å². The average Bonchev–Trinajstić information content (AvgIpc) is 4.08. The Labute approximate surface area is 374 Å². The molecular formula is C57H34N4OS. The molecule has 0 unspecified atom stereocenters. The number of nitrogens with zero attached hydrogens (tertiary/aromatic N) is 4. The summed E-state index contributed by atoms with van der Waals surface area (Å²) in [5, 5.41) is 4.39. The SMILES string of the molecule is [2H]c1cc([2H])c2c(c1[2H])c1c([2H])c([2H])cc([2H])c1n2-c1ccc(-c2ccc3oc4cccc(-c5nc(-c6ccccc6)nc(-c6ccccc6)n5)c4c3c2)cc1-c1cccc2c1sc1ccccc12. The van der Waals surface area contributed by atoms with Crippen LogP contribution in [0.2, 0.25) is 0 Å². The van der Waals surface area contributed by atoms with Crippen LogP contribution in [0.3, 0.4) is 0 Å². The number of rotatable bonds is 6. The van der Waals surface area contributed by atoms with E-state index in [4.69, 9.17) is 24.9 Å². The zero-order valence-corrected chi connectivity index (χ0v) is 34.1. The molecule has 4 heterocycles. The zero-order valence-electron chi connectivity index (χ0n) is 39.3. The highest BCUT2D eigenvalue weighted by Crippen LogP contribution is 2.45. The molecule has 4 aromatic heterocycles. The Bertz CT molecular complexity index is 4150. The fraction of sp³-hybridized carbons (Fsp3) is 0. The second-order valence-electron chi connectivity index (χ2n) is 15.4. The van der Waals surface area contributed by atoms with Crippen LogP contribution in [0, 0.1) is 0 Å². The summed E-state index contributed by atoms with van der Waals surface area (Å²) in [4.78, 5) is 15.1. The molecular weight excluding hydrogens is 789 g/mol. The van der Waals surface area contributed by atoms with E-state index in [0.717, 1.165) is 69.9 Å². The normalized spacial score (nSPS) is 13.1. The maximum atomic E-state index is 9.28. The van der Waals surface area contributed by atoms with Gasteiger partial charge in [0.25, 0.3) is 0 Å². The van der Waals surface area contributed by atoms with E-state index in [1.54, 1.807) is 15.9 Å². The Morgan fingerprint density at radius 2 is 1.05 bits per heavy atom. The Morgan fingerprint density at radius 1 is 0.429 bits per heavy atom. The van der Waals surface area contributed by atoms with E-state index in [1.165, 1.54) is 12.1 Å². The molecule has 0 saturated carbocycles. The Kier molecular flexibility index (Phi) is 6.75. The molecule has 63 heavy (non-hydrogen) atoms. The van der Waals surface area contributed by atoms with Crippen molar-refractivity contribution in [1.29, 1.82) is 0 Å². The van der Waals surface area contributed by atoms with Crippen molar-refractivity contribution in [3.8, 4) is 62.1 Å². The maximum Gasteiger partial charge on any atom is 0.164 e. The molecule has 0 bridgehead atoms. The first-order valence-electron chi connectivity index (χ1n) is 23.6. The van der Waals surface area contributed by atoms with Crippen molar-refractivity contribution in [3.63, 3.8) is 0 Å². The molecule has 0 spiro atoms. The second kappa shape index (κ2) is 14.2. The predicted molar refractivity (Wildman–Crippen MR) is 262 cm³/mol. The summed E-state index contributed by atoms with van der Waals surface area (Å²) in [5.41, 5.74) is 8.70. The van der Waals surface area contributed by atoms with Crippen LogP contribution in [0.4, 0.5) is 0 Å². The highest BCUT2D eigenvalue weighted by molar-refractivity contribution is 7.26. The molecule has 0 amide bonds. The van der Waals surface area contributed by atoms with Gasteiger partial charge in [0.05, 0.1) is 24.9 Å². The molecule has 0 fully saturated rings. The van der Waals surface area contributed by atoms with Crippen molar-refractivity contribution >= 4 is 75.3 Å². The largest absolute Gasteiger partial charge is 0.456 e. The summed E-state index contributed by atoms with van der Waals surface area (Å²) in [5.74, 6) is 1.63. The number of benzene rings is 9. The number of hydrogen-bond donors (Lipinski definition) is 0. The maximum absolute atomic E-state index is 9.28. The van der Waals surface area contributed by atoms with Gasteiger partial charge in [-0.15, -0.1) is 11.3 Å². The molecule has 0 saturated heterocycles. The van der Waals surface area contributed by atoms with Crippen molar-refractivity contribution in [2.75, 3.05) is 0 Å². The van der Waals surface area contributed by atoms with E-state index >= 15 is 0 Å². The summed E-state index contributed by atoms with van der Waals surface area (Å²) in [6.45, 7) is 0. The van der Waals surface area contributed by atoms with E-state index in [-0.39, 0.29) is 47.0 Å². The first-order chi connectivity index (χ1) is 33.7.